The fourth-order valence-corrected chi connectivity index (χ4v) is 2.52. The Kier molecular flexibility index (Phi) is 4.30. The van der Waals surface area contributed by atoms with Crippen LogP contribution in [-0.4, -0.2) is 23.2 Å². The summed E-state index contributed by atoms with van der Waals surface area (Å²) in [5, 5.41) is 8.81. The Morgan fingerprint density at radius 1 is 1.25 bits per heavy atom. The number of H-pyrrole nitrogens is 1. The molecule has 0 bridgehead atoms. The van der Waals surface area contributed by atoms with Crippen molar-refractivity contribution in [2.75, 3.05) is 7.11 Å². The Balaban J connectivity index is 2.00. The van der Waals surface area contributed by atoms with E-state index in [1.165, 1.54) is 12.1 Å². The van der Waals surface area contributed by atoms with Gasteiger partial charge in [-0.05, 0) is 42.3 Å². The zero-order valence-electron chi connectivity index (χ0n) is 13.4. The molecule has 1 heterocycles. The molecule has 0 aliphatic carbocycles. The summed E-state index contributed by atoms with van der Waals surface area (Å²) in [6.07, 6.45) is -0.169. The normalized spacial score (nSPS) is 13.6. The van der Waals surface area contributed by atoms with Crippen LogP contribution < -0.4 is 5.73 Å². The molecular formula is C18H17FN4O. The third-order valence-electron chi connectivity index (χ3n) is 4.12. The van der Waals surface area contributed by atoms with Crippen molar-refractivity contribution in [2.45, 2.75) is 19.1 Å². The standard InChI is InChI=1S/C18H17FN4O/c1-10(24-2)17(21)18-22-15-6-5-12(8-16(15)23-18)11-3-4-13(9-20)14(19)7-11/h3-8,10,17H,21H2,1-2H3,(H,22,23)/t10-,17+/m1/s1. The van der Waals surface area contributed by atoms with Gasteiger partial charge in [-0.3, -0.25) is 0 Å². The Hall–Kier alpha value is -2.75. The molecule has 5 nitrogen and oxygen atoms in total. The van der Waals surface area contributed by atoms with Crippen molar-refractivity contribution < 1.29 is 9.13 Å². The van der Waals surface area contributed by atoms with Gasteiger partial charge in [-0.25, -0.2) is 9.37 Å². The van der Waals surface area contributed by atoms with E-state index in [1.807, 2.05) is 31.2 Å². The number of hydrogen-bond donors (Lipinski definition) is 2. The number of hydrogen-bond acceptors (Lipinski definition) is 4. The monoisotopic (exact) mass is 324 g/mol. The van der Waals surface area contributed by atoms with Gasteiger partial charge in [-0.1, -0.05) is 12.1 Å². The smallest absolute Gasteiger partial charge is 0.141 e. The van der Waals surface area contributed by atoms with Gasteiger partial charge in [0.05, 0.1) is 28.7 Å². The number of ether oxygens (including phenoxy) is 1. The second-order valence-corrected chi connectivity index (χ2v) is 5.63. The van der Waals surface area contributed by atoms with Gasteiger partial charge < -0.3 is 15.5 Å². The zero-order valence-corrected chi connectivity index (χ0v) is 13.4. The van der Waals surface area contributed by atoms with Crippen LogP contribution in [0.25, 0.3) is 22.2 Å². The lowest BCUT2D eigenvalue weighted by molar-refractivity contribution is 0.0935. The van der Waals surface area contributed by atoms with Crippen LogP contribution in [-0.2, 0) is 4.74 Å². The summed E-state index contributed by atoms with van der Waals surface area (Å²) in [7, 11) is 1.60. The zero-order chi connectivity index (χ0) is 17.3. The number of imidazole rings is 1. The Morgan fingerprint density at radius 2 is 1.96 bits per heavy atom. The summed E-state index contributed by atoms with van der Waals surface area (Å²) < 4.78 is 19.1. The van der Waals surface area contributed by atoms with E-state index in [9.17, 15) is 4.39 Å². The summed E-state index contributed by atoms with van der Waals surface area (Å²) in [6.45, 7) is 1.88. The second-order valence-electron chi connectivity index (χ2n) is 5.63. The van der Waals surface area contributed by atoms with Crippen molar-refractivity contribution in [2.24, 2.45) is 5.73 Å². The number of benzene rings is 2. The number of fused-ring (bicyclic) bond motifs is 1. The van der Waals surface area contributed by atoms with Crippen LogP contribution >= 0.6 is 0 Å². The van der Waals surface area contributed by atoms with Crippen LogP contribution in [0.15, 0.2) is 36.4 Å². The minimum atomic E-state index is -0.534. The van der Waals surface area contributed by atoms with E-state index < -0.39 is 5.82 Å². The molecule has 2 atom stereocenters. The summed E-state index contributed by atoms with van der Waals surface area (Å²) in [6, 6.07) is 11.6. The van der Waals surface area contributed by atoms with Crippen molar-refractivity contribution in [1.29, 1.82) is 5.26 Å². The van der Waals surface area contributed by atoms with Crippen molar-refractivity contribution in [1.82, 2.24) is 9.97 Å². The lowest BCUT2D eigenvalue weighted by Crippen LogP contribution is -2.26. The van der Waals surface area contributed by atoms with Crippen molar-refractivity contribution in [3.8, 4) is 17.2 Å². The number of nitrogens with zero attached hydrogens (tertiary/aromatic N) is 2. The van der Waals surface area contributed by atoms with E-state index in [0.717, 1.165) is 16.6 Å². The molecule has 3 rings (SSSR count). The third-order valence-corrected chi connectivity index (χ3v) is 4.12. The molecule has 122 valence electrons. The Labute approximate surface area is 138 Å². The van der Waals surface area contributed by atoms with E-state index in [1.54, 1.807) is 13.2 Å². The molecule has 0 amide bonds. The molecule has 0 saturated heterocycles. The Morgan fingerprint density at radius 3 is 2.62 bits per heavy atom. The third kappa shape index (κ3) is 2.87. The number of nitrogens with two attached hydrogens (primary N) is 1. The summed E-state index contributed by atoms with van der Waals surface area (Å²) in [4.78, 5) is 7.70. The molecule has 0 aliphatic heterocycles. The van der Waals surface area contributed by atoms with E-state index in [4.69, 9.17) is 15.7 Å². The quantitative estimate of drug-likeness (QED) is 0.771. The van der Waals surface area contributed by atoms with Crippen LogP contribution in [0.4, 0.5) is 4.39 Å². The molecular weight excluding hydrogens is 307 g/mol. The topological polar surface area (TPSA) is 87.7 Å². The first-order chi connectivity index (χ1) is 11.5. The average Bonchev–Trinajstić information content (AvgIpc) is 3.03. The first-order valence-electron chi connectivity index (χ1n) is 7.51. The lowest BCUT2D eigenvalue weighted by Gasteiger charge is -2.15. The summed E-state index contributed by atoms with van der Waals surface area (Å²) in [5.41, 5.74) is 9.24. The molecule has 3 aromatic rings. The highest BCUT2D eigenvalue weighted by Crippen LogP contribution is 2.26. The van der Waals surface area contributed by atoms with Gasteiger partial charge in [-0.2, -0.15) is 5.26 Å². The van der Waals surface area contributed by atoms with Crippen LogP contribution in [0.5, 0.6) is 0 Å². The van der Waals surface area contributed by atoms with Crippen LogP contribution in [0, 0.1) is 17.1 Å². The highest BCUT2D eigenvalue weighted by molar-refractivity contribution is 5.82. The molecule has 0 spiro atoms. The fourth-order valence-electron chi connectivity index (χ4n) is 2.52. The van der Waals surface area contributed by atoms with Crippen LogP contribution in [0.1, 0.15) is 24.4 Å². The molecule has 0 radical (unpaired) electrons. The van der Waals surface area contributed by atoms with Crippen molar-refractivity contribution >= 4 is 11.0 Å². The molecule has 1 aromatic heterocycles. The van der Waals surface area contributed by atoms with Gasteiger partial charge in [0.25, 0.3) is 0 Å². The number of aromatic nitrogens is 2. The lowest BCUT2D eigenvalue weighted by atomic mass is 10.0. The molecule has 0 unspecified atom stereocenters. The predicted octanol–water partition coefficient (Wildman–Crippen LogP) is 3.28. The maximum Gasteiger partial charge on any atom is 0.141 e. The summed E-state index contributed by atoms with van der Waals surface area (Å²) >= 11 is 0. The second kappa shape index (κ2) is 6.40. The number of nitriles is 1. The number of aromatic amines is 1. The molecule has 24 heavy (non-hydrogen) atoms. The highest BCUT2D eigenvalue weighted by atomic mass is 19.1. The maximum absolute atomic E-state index is 13.8. The molecule has 2 aromatic carbocycles. The van der Waals surface area contributed by atoms with Crippen molar-refractivity contribution in [3.63, 3.8) is 0 Å². The first kappa shape index (κ1) is 16.1. The minimum Gasteiger partial charge on any atom is -0.380 e. The van der Waals surface area contributed by atoms with E-state index in [0.29, 0.717) is 11.4 Å². The minimum absolute atomic E-state index is 0.0291. The van der Waals surface area contributed by atoms with Gasteiger partial charge in [0.15, 0.2) is 0 Å². The number of methoxy groups -OCH3 is 1. The number of rotatable bonds is 4. The maximum atomic E-state index is 13.8. The number of halogens is 1. The van der Waals surface area contributed by atoms with Gasteiger partial charge in [0, 0.05) is 7.11 Å². The van der Waals surface area contributed by atoms with Crippen LogP contribution in [0.2, 0.25) is 0 Å². The van der Waals surface area contributed by atoms with Gasteiger partial charge in [0.2, 0.25) is 0 Å². The van der Waals surface area contributed by atoms with Gasteiger partial charge >= 0.3 is 0 Å². The SMILES string of the molecule is CO[C@H](C)[C@H](N)c1nc2cc(-c3ccc(C#N)c(F)c3)ccc2[nH]1. The largest absolute Gasteiger partial charge is 0.380 e. The van der Waals surface area contributed by atoms with Crippen molar-refractivity contribution in [3.05, 3.63) is 53.6 Å². The predicted molar refractivity (Wildman–Crippen MR) is 89.6 cm³/mol. The molecule has 0 aliphatic rings. The van der Waals surface area contributed by atoms with E-state index in [-0.39, 0.29) is 17.7 Å². The highest BCUT2D eigenvalue weighted by Gasteiger charge is 2.18. The molecule has 0 saturated carbocycles. The fraction of sp³-hybridized carbons (Fsp3) is 0.222. The van der Waals surface area contributed by atoms with Crippen LogP contribution in [0.3, 0.4) is 0 Å². The summed E-state index contributed by atoms with van der Waals surface area (Å²) in [5.74, 6) is 0.108. The Bertz CT molecular complexity index is 928. The van der Waals surface area contributed by atoms with E-state index in [2.05, 4.69) is 9.97 Å². The number of nitrogens with one attached hydrogen (secondary N) is 1. The van der Waals surface area contributed by atoms with E-state index >= 15 is 0 Å². The van der Waals surface area contributed by atoms with Gasteiger partial charge in [0.1, 0.15) is 17.7 Å². The molecule has 3 N–H and O–H groups in total. The molecule has 6 heteroatoms. The van der Waals surface area contributed by atoms with Gasteiger partial charge in [-0.15, -0.1) is 0 Å². The average molecular weight is 324 g/mol. The first-order valence-corrected chi connectivity index (χ1v) is 7.51. The molecule has 0 fully saturated rings.